The fraction of sp³-hybridized carbons (Fsp3) is 0.444. The highest BCUT2D eigenvalue weighted by Gasteiger charge is 2.22. The van der Waals surface area contributed by atoms with E-state index in [0.29, 0.717) is 28.7 Å². The lowest BCUT2D eigenvalue weighted by Gasteiger charge is -2.20. The van der Waals surface area contributed by atoms with Crippen molar-refractivity contribution in [3.8, 4) is 11.5 Å². The van der Waals surface area contributed by atoms with Crippen LogP contribution in [-0.4, -0.2) is 31.6 Å². The van der Waals surface area contributed by atoms with Gasteiger partial charge in [0.2, 0.25) is 11.8 Å². The lowest BCUT2D eigenvalue weighted by atomic mass is 9.98. The fourth-order valence-corrected chi connectivity index (χ4v) is 2.50. The maximum absolute atomic E-state index is 12.1. The minimum atomic E-state index is -0.708. The van der Waals surface area contributed by atoms with E-state index in [4.69, 9.17) is 26.8 Å². The number of halogens is 1. The first-order chi connectivity index (χ1) is 11.8. The molecule has 25 heavy (non-hydrogen) atoms. The van der Waals surface area contributed by atoms with Gasteiger partial charge < -0.3 is 20.5 Å². The SMILES string of the molecule is CCOc1c(Cl)cc(C=CC(=O)NC(C(N)=O)C(C)CC)cc1OC. The van der Waals surface area contributed by atoms with E-state index in [0.717, 1.165) is 6.42 Å². The summed E-state index contributed by atoms with van der Waals surface area (Å²) < 4.78 is 10.7. The Morgan fingerprint density at radius 3 is 2.56 bits per heavy atom. The quantitative estimate of drug-likeness (QED) is 0.656. The molecule has 138 valence electrons. The van der Waals surface area contributed by atoms with Crippen molar-refractivity contribution in [2.24, 2.45) is 11.7 Å². The molecule has 2 unspecified atom stereocenters. The minimum absolute atomic E-state index is 0.0464. The van der Waals surface area contributed by atoms with Crippen molar-refractivity contribution in [1.29, 1.82) is 0 Å². The molecule has 0 bridgehead atoms. The standard InChI is InChI=1S/C18H25ClN2O4/c1-5-11(3)16(18(20)23)21-15(22)8-7-12-9-13(19)17(25-6-2)14(10-12)24-4/h7-11,16H,5-6H2,1-4H3,(H2,20,23)(H,21,22). The van der Waals surface area contributed by atoms with Crippen LogP contribution >= 0.6 is 11.6 Å². The molecule has 1 aromatic carbocycles. The molecule has 0 heterocycles. The highest BCUT2D eigenvalue weighted by Crippen LogP contribution is 2.36. The van der Waals surface area contributed by atoms with Crippen LogP contribution in [0.15, 0.2) is 18.2 Å². The van der Waals surface area contributed by atoms with E-state index < -0.39 is 17.9 Å². The average molecular weight is 369 g/mol. The highest BCUT2D eigenvalue weighted by molar-refractivity contribution is 6.32. The molecule has 1 rings (SSSR count). The molecule has 0 aliphatic carbocycles. The number of nitrogens with two attached hydrogens (primary N) is 1. The Hall–Kier alpha value is -2.21. The number of primary amides is 1. The number of benzene rings is 1. The molecular weight excluding hydrogens is 344 g/mol. The zero-order valence-corrected chi connectivity index (χ0v) is 15.7. The summed E-state index contributed by atoms with van der Waals surface area (Å²) in [4.78, 5) is 23.5. The molecule has 1 aromatic rings. The van der Waals surface area contributed by atoms with Crippen LogP contribution in [0.25, 0.3) is 6.08 Å². The van der Waals surface area contributed by atoms with Crippen LogP contribution in [-0.2, 0) is 9.59 Å². The number of hydrogen-bond donors (Lipinski definition) is 2. The molecule has 0 fully saturated rings. The molecule has 7 heteroatoms. The fourth-order valence-electron chi connectivity index (χ4n) is 2.22. The van der Waals surface area contributed by atoms with Gasteiger partial charge in [0.05, 0.1) is 18.7 Å². The summed E-state index contributed by atoms with van der Waals surface area (Å²) in [6.07, 6.45) is 3.63. The van der Waals surface area contributed by atoms with Gasteiger partial charge in [-0.3, -0.25) is 9.59 Å². The van der Waals surface area contributed by atoms with Gasteiger partial charge in [0.1, 0.15) is 6.04 Å². The van der Waals surface area contributed by atoms with Gasteiger partial charge in [-0.25, -0.2) is 0 Å². The first kappa shape index (κ1) is 20.8. The van der Waals surface area contributed by atoms with E-state index in [2.05, 4.69) is 5.32 Å². The maximum Gasteiger partial charge on any atom is 0.244 e. The Morgan fingerprint density at radius 2 is 2.04 bits per heavy atom. The summed E-state index contributed by atoms with van der Waals surface area (Å²) in [6.45, 7) is 6.09. The van der Waals surface area contributed by atoms with Gasteiger partial charge in [0, 0.05) is 6.08 Å². The lowest BCUT2D eigenvalue weighted by Crippen LogP contribution is -2.47. The van der Waals surface area contributed by atoms with Gasteiger partial charge in [0.15, 0.2) is 11.5 Å². The third kappa shape index (κ3) is 5.98. The van der Waals surface area contributed by atoms with Crippen molar-refractivity contribution < 1.29 is 19.1 Å². The smallest absolute Gasteiger partial charge is 0.244 e. The number of methoxy groups -OCH3 is 1. The summed E-state index contributed by atoms with van der Waals surface area (Å²) in [5, 5.41) is 3.01. The van der Waals surface area contributed by atoms with Crippen molar-refractivity contribution in [3.05, 3.63) is 28.8 Å². The van der Waals surface area contributed by atoms with Crippen molar-refractivity contribution in [3.63, 3.8) is 0 Å². The second-order valence-electron chi connectivity index (χ2n) is 5.57. The van der Waals surface area contributed by atoms with Crippen LogP contribution in [0, 0.1) is 5.92 Å². The molecule has 6 nitrogen and oxygen atoms in total. The van der Waals surface area contributed by atoms with Crippen LogP contribution in [0.3, 0.4) is 0 Å². The molecule has 0 radical (unpaired) electrons. The molecule has 0 saturated heterocycles. The van der Waals surface area contributed by atoms with Gasteiger partial charge in [0.25, 0.3) is 0 Å². The zero-order valence-electron chi connectivity index (χ0n) is 15.0. The Labute approximate surface area is 153 Å². The van der Waals surface area contributed by atoms with Crippen molar-refractivity contribution in [2.45, 2.75) is 33.2 Å². The summed E-state index contributed by atoms with van der Waals surface area (Å²) >= 11 is 6.19. The number of nitrogens with one attached hydrogen (secondary N) is 1. The van der Waals surface area contributed by atoms with Crippen molar-refractivity contribution >= 4 is 29.5 Å². The average Bonchev–Trinajstić information content (AvgIpc) is 2.58. The first-order valence-electron chi connectivity index (χ1n) is 8.12. The topological polar surface area (TPSA) is 90.6 Å². The lowest BCUT2D eigenvalue weighted by molar-refractivity contribution is -0.126. The van der Waals surface area contributed by atoms with Crippen LogP contribution in [0.4, 0.5) is 0 Å². The van der Waals surface area contributed by atoms with Crippen LogP contribution < -0.4 is 20.5 Å². The van der Waals surface area contributed by atoms with Gasteiger partial charge in [-0.15, -0.1) is 0 Å². The van der Waals surface area contributed by atoms with Gasteiger partial charge >= 0.3 is 0 Å². The summed E-state index contributed by atoms with van der Waals surface area (Å²) in [5.41, 5.74) is 6.01. The predicted molar refractivity (Wildman–Crippen MR) is 98.8 cm³/mol. The number of carbonyl (C=O) groups is 2. The highest BCUT2D eigenvalue weighted by atomic mass is 35.5. The summed E-state index contributed by atoms with van der Waals surface area (Å²) in [5.74, 6) is -0.0762. The summed E-state index contributed by atoms with van der Waals surface area (Å²) in [7, 11) is 1.51. The van der Waals surface area contributed by atoms with E-state index in [-0.39, 0.29) is 5.92 Å². The number of hydrogen-bond acceptors (Lipinski definition) is 4. The van der Waals surface area contributed by atoms with Gasteiger partial charge in [-0.05, 0) is 36.6 Å². The summed E-state index contributed by atoms with van der Waals surface area (Å²) in [6, 6.07) is 2.67. The second kappa shape index (κ2) is 9.93. The number of amides is 2. The van der Waals surface area contributed by atoms with E-state index in [1.807, 2.05) is 20.8 Å². The normalized spacial score (nSPS) is 13.3. The largest absolute Gasteiger partial charge is 0.493 e. The Balaban J connectivity index is 2.92. The monoisotopic (exact) mass is 368 g/mol. The third-order valence-electron chi connectivity index (χ3n) is 3.78. The number of ether oxygens (including phenoxy) is 2. The van der Waals surface area contributed by atoms with E-state index >= 15 is 0 Å². The Morgan fingerprint density at radius 1 is 1.36 bits per heavy atom. The first-order valence-corrected chi connectivity index (χ1v) is 8.49. The molecule has 3 N–H and O–H groups in total. The van der Waals surface area contributed by atoms with Gasteiger partial charge in [-0.1, -0.05) is 31.9 Å². The van der Waals surface area contributed by atoms with Crippen molar-refractivity contribution in [1.82, 2.24) is 5.32 Å². The molecule has 0 saturated carbocycles. The molecular formula is C18H25ClN2O4. The molecule has 0 aliphatic heterocycles. The van der Waals surface area contributed by atoms with Crippen LogP contribution in [0.1, 0.15) is 32.8 Å². The van der Waals surface area contributed by atoms with Crippen molar-refractivity contribution in [2.75, 3.05) is 13.7 Å². The van der Waals surface area contributed by atoms with Crippen LogP contribution in [0.2, 0.25) is 5.02 Å². The number of rotatable bonds is 9. The molecule has 2 amide bonds. The molecule has 0 spiro atoms. The Kier molecular flexibility index (Phi) is 8.28. The third-order valence-corrected chi connectivity index (χ3v) is 4.07. The molecule has 0 aliphatic rings. The Bertz CT molecular complexity index is 646. The van der Waals surface area contributed by atoms with Gasteiger partial charge in [-0.2, -0.15) is 0 Å². The van der Waals surface area contributed by atoms with E-state index in [1.165, 1.54) is 13.2 Å². The number of carbonyl (C=O) groups excluding carboxylic acids is 2. The van der Waals surface area contributed by atoms with Crippen LogP contribution in [0.5, 0.6) is 11.5 Å². The predicted octanol–water partition coefficient (Wildman–Crippen LogP) is 2.78. The molecule has 0 aromatic heterocycles. The second-order valence-corrected chi connectivity index (χ2v) is 5.98. The zero-order chi connectivity index (χ0) is 19.0. The maximum atomic E-state index is 12.1. The molecule has 2 atom stereocenters. The van der Waals surface area contributed by atoms with E-state index in [1.54, 1.807) is 18.2 Å². The minimum Gasteiger partial charge on any atom is -0.493 e. The van der Waals surface area contributed by atoms with E-state index in [9.17, 15) is 9.59 Å².